The summed E-state index contributed by atoms with van der Waals surface area (Å²) < 4.78 is 5.99. The van der Waals surface area contributed by atoms with Crippen LogP contribution in [0.15, 0.2) is 91.1 Å². The molecule has 5 rings (SSSR count). The van der Waals surface area contributed by atoms with Gasteiger partial charge < -0.3 is 14.5 Å². The summed E-state index contributed by atoms with van der Waals surface area (Å²) in [7, 11) is 0. The maximum atomic E-state index is 12.9. The van der Waals surface area contributed by atoms with Crippen LogP contribution in [0.4, 0.5) is 10.5 Å². The number of rotatable bonds is 14. The Hall–Kier alpha value is -3.61. The molecule has 0 bridgehead atoms. The van der Waals surface area contributed by atoms with E-state index >= 15 is 0 Å². The van der Waals surface area contributed by atoms with Crippen molar-refractivity contribution in [2.75, 3.05) is 57.7 Å². The molecule has 0 atom stereocenters. The lowest BCUT2D eigenvalue weighted by atomic mass is 9.93. The third-order valence-corrected chi connectivity index (χ3v) is 9.38. The maximum absolute atomic E-state index is 12.9. The number of likely N-dealkylation sites (tertiary alicyclic amines) is 1. The highest BCUT2D eigenvalue weighted by Gasteiger charge is 2.33. The first kappa shape index (κ1) is 32.8. The number of piperidine rings is 1. The van der Waals surface area contributed by atoms with Gasteiger partial charge in [-0.15, -0.1) is 0 Å². The number of hydrogen-bond acceptors (Lipinski definition) is 5. The fraction of sp³-hybridized carbons (Fsp3) is 0.462. The molecule has 0 radical (unpaired) electrons. The summed E-state index contributed by atoms with van der Waals surface area (Å²) in [5.41, 5.74) is 3.70. The molecule has 6 nitrogen and oxygen atoms in total. The molecule has 45 heavy (non-hydrogen) atoms. The van der Waals surface area contributed by atoms with E-state index in [1.54, 1.807) is 0 Å². The van der Waals surface area contributed by atoms with Gasteiger partial charge in [0.15, 0.2) is 0 Å². The molecule has 0 aliphatic carbocycles. The van der Waals surface area contributed by atoms with Gasteiger partial charge in [-0.2, -0.15) is 0 Å². The topological polar surface area (TPSA) is 48.1 Å². The van der Waals surface area contributed by atoms with Crippen LogP contribution >= 0.6 is 0 Å². The summed E-state index contributed by atoms with van der Waals surface area (Å²) in [6, 6.07) is 28.6. The number of carbonyl (C=O) groups is 1. The lowest BCUT2D eigenvalue weighted by Crippen LogP contribution is -2.46. The zero-order valence-electron chi connectivity index (χ0n) is 27.2. The van der Waals surface area contributed by atoms with Crippen LogP contribution in [0, 0.1) is 0 Å². The van der Waals surface area contributed by atoms with Crippen LogP contribution in [0.2, 0.25) is 0 Å². The Balaban J connectivity index is 0.887. The summed E-state index contributed by atoms with van der Waals surface area (Å²) in [5, 5.41) is 3.00. The van der Waals surface area contributed by atoms with Crippen molar-refractivity contribution in [3.05, 3.63) is 96.7 Å². The second-order valence-corrected chi connectivity index (χ2v) is 12.9. The first-order valence-electron chi connectivity index (χ1n) is 17.1. The van der Waals surface area contributed by atoms with Gasteiger partial charge >= 0.3 is 6.09 Å². The lowest BCUT2D eigenvalue weighted by Gasteiger charge is -2.38. The number of amides is 1. The molecule has 2 heterocycles. The van der Waals surface area contributed by atoms with Gasteiger partial charge in [0, 0.05) is 44.8 Å². The van der Waals surface area contributed by atoms with E-state index in [1.807, 2.05) is 42.5 Å². The van der Waals surface area contributed by atoms with E-state index in [0.29, 0.717) is 0 Å². The second kappa shape index (κ2) is 17.2. The molecule has 240 valence electrons. The van der Waals surface area contributed by atoms with Gasteiger partial charge in [0.05, 0.1) is 5.69 Å². The van der Waals surface area contributed by atoms with Crippen LogP contribution in [0.25, 0.3) is 17.2 Å². The standard InChI is InChI=1S/C39H52N4O2/c1-39(45-38(44)40-37-21-13-12-20-36(37)35-18-10-7-11-19-35)23-28-41(29-24-39)25-14-4-2-3-5-15-26-42-30-32-43(33-31-42)27-22-34-16-8-6-9-17-34/h6-13,16-22,27H,2-5,14-15,23-26,28-33H2,1H3,(H,40,44)/b27-22+. The third-order valence-electron chi connectivity index (χ3n) is 9.38. The number of unbranched alkanes of at least 4 members (excludes halogenated alkanes) is 5. The van der Waals surface area contributed by atoms with Crippen LogP contribution in [0.3, 0.4) is 0 Å². The zero-order valence-corrected chi connectivity index (χ0v) is 27.2. The van der Waals surface area contributed by atoms with Crippen molar-refractivity contribution >= 4 is 17.9 Å². The van der Waals surface area contributed by atoms with E-state index in [-0.39, 0.29) is 6.09 Å². The number of anilines is 1. The van der Waals surface area contributed by atoms with Crippen molar-refractivity contribution in [3.63, 3.8) is 0 Å². The number of nitrogens with zero attached hydrogens (tertiary/aromatic N) is 3. The molecular formula is C39H52N4O2. The third kappa shape index (κ3) is 10.8. The highest BCUT2D eigenvalue weighted by molar-refractivity contribution is 5.91. The average Bonchev–Trinajstić information content (AvgIpc) is 3.07. The Kier molecular flexibility index (Phi) is 12.5. The monoisotopic (exact) mass is 608 g/mol. The molecule has 2 saturated heterocycles. The molecule has 2 aliphatic rings. The van der Waals surface area contributed by atoms with Crippen molar-refractivity contribution in [2.24, 2.45) is 0 Å². The van der Waals surface area contributed by atoms with E-state index in [4.69, 9.17) is 4.74 Å². The molecule has 1 N–H and O–H groups in total. The molecule has 3 aromatic carbocycles. The molecular weight excluding hydrogens is 556 g/mol. The molecule has 1 amide bonds. The van der Waals surface area contributed by atoms with Gasteiger partial charge in [0.2, 0.25) is 0 Å². The van der Waals surface area contributed by atoms with Crippen molar-refractivity contribution in [1.82, 2.24) is 14.7 Å². The first-order chi connectivity index (χ1) is 22.1. The van der Waals surface area contributed by atoms with Gasteiger partial charge in [-0.05, 0) is 75.2 Å². The molecule has 2 aliphatic heterocycles. The summed E-state index contributed by atoms with van der Waals surface area (Å²) in [6.45, 7) is 11.0. The predicted octanol–water partition coefficient (Wildman–Crippen LogP) is 8.39. The Labute approximate surface area is 271 Å². The summed E-state index contributed by atoms with van der Waals surface area (Å²) in [6.07, 6.45) is 13.8. The van der Waals surface area contributed by atoms with Crippen LogP contribution in [-0.4, -0.2) is 78.8 Å². The Morgan fingerprint density at radius 1 is 0.711 bits per heavy atom. The SMILES string of the molecule is CC1(OC(=O)Nc2ccccc2-c2ccccc2)CCN(CCCCCCCCN2CCN(/C=C/c3ccccc3)CC2)CC1. The normalized spacial score (nSPS) is 17.4. The van der Waals surface area contributed by atoms with Crippen LogP contribution in [-0.2, 0) is 4.74 Å². The number of carbonyl (C=O) groups excluding carboxylic acids is 1. The summed E-state index contributed by atoms with van der Waals surface area (Å²) in [5.74, 6) is 0. The largest absolute Gasteiger partial charge is 0.443 e. The highest BCUT2D eigenvalue weighted by Crippen LogP contribution is 2.30. The number of para-hydroxylation sites is 1. The van der Waals surface area contributed by atoms with Crippen molar-refractivity contribution < 1.29 is 9.53 Å². The van der Waals surface area contributed by atoms with Crippen LogP contribution in [0.1, 0.15) is 63.9 Å². The van der Waals surface area contributed by atoms with Gasteiger partial charge in [0.1, 0.15) is 5.60 Å². The molecule has 0 saturated carbocycles. The second-order valence-electron chi connectivity index (χ2n) is 12.9. The fourth-order valence-corrected chi connectivity index (χ4v) is 6.44. The van der Waals surface area contributed by atoms with Crippen molar-refractivity contribution in [3.8, 4) is 11.1 Å². The number of ether oxygens (including phenoxy) is 1. The van der Waals surface area contributed by atoms with Crippen LogP contribution in [0.5, 0.6) is 0 Å². The molecule has 0 spiro atoms. The average molecular weight is 609 g/mol. The molecule has 0 aromatic heterocycles. The minimum absolute atomic E-state index is 0.368. The summed E-state index contributed by atoms with van der Waals surface area (Å²) in [4.78, 5) is 20.5. The minimum atomic E-state index is -0.423. The van der Waals surface area contributed by atoms with Gasteiger partial charge in [0.25, 0.3) is 0 Å². The summed E-state index contributed by atoms with van der Waals surface area (Å²) >= 11 is 0. The predicted molar refractivity (Wildman–Crippen MR) is 187 cm³/mol. The van der Waals surface area contributed by atoms with E-state index in [0.717, 1.165) is 62.4 Å². The molecule has 6 heteroatoms. The van der Waals surface area contributed by atoms with Crippen molar-refractivity contribution in [2.45, 2.75) is 63.9 Å². The van der Waals surface area contributed by atoms with Gasteiger partial charge in [-0.1, -0.05) is 105 Å². The van der Waals surface area contributed by atoms with Gasteiger partial charge in [-0.3, -0.25) is 10.2 Å². The highest BCUT2D eigenvalue weighted by atomic mass is 16.6. The van der Waals surface area contributed by atoms with Gasteiger partial charge in [-0.25, -0.2) is 4.79 Å². The van der Waals surface area contributed by atoms with E-state index in [9.17, 15) is 4.79 Å². The molecule has 0 unspecified atom stereocenters. The van der Waals surface area contributed by atoms with E-state index < -0.39 is 5.60 Å². The minimum Gasteiger partial charge on any atom is -0.443 e. The van der Waals surface area contributed by atoms with Crippen LogP contribution < -0.4 is 5.32 Å². The smallest absolute Gasteiger partial charge is 0.412 e. The Bertz CT molecular complexity index is 1310. The number of hydrogen-bond donors (Lipinski definition) is 1. The van der Waals surface area contributed by atoms with E-state index in [1.165, 1.54) is 63.7 Å². The number of piperazine rings is 1. The number of nitrogens with one attached hydrogen (secondary N) is 1. The van der Waals surface area contributed by atoms with Crippen molar-refractivity contribution in [1.29, 1.82) is 0 Å². The maximum Gasteiger partial charge on any atom is 0.412 e. The zero-order chi connectivity index (χ0) is 31.2. The first-order valence-corrected chi connectivity index (χ1v) is 17.1. The Morgan fingerprint density at radius 3 is 1.93 bits per heavy atom. The molecule has 3 aromatic rings. The Morgan fingerprint density at radius 2 is 1.27 bits per heavy atom. The number of benzene rings is 3. The van der Waals surface area contributed by atoms with E-state index in [2.05, 4.69) is 81.7 Å². The quantitative estimate of drug-likeness (QED) is 0.186. The lowest BCUT2D eigenvalue weighted by molar-refractivity contribution is -0.0163. The fourth-order valence-electron chi connectivity index (χ4n) is 6.44. The molecule has 2 fully saturated rings.